The molecular weight excluding hydrogens is 617 g/mol. The van der Waals surface area contributed by atoms with Crippen molar-refractivity contribution in [1.29, 1.82) is 5.41 Å². The standard InChI is InChI=1S/C49H34N2/c1-2-44-48(49(50)35-21-11-5-12-22-35)43-32-37(28-30-45(43)51(44)38-23-13-6-14-24-38)36-27-29-41-42(31-36)47(34-19-9-4-10-20-34)40-26-16-15-25-39(40)46(41)33-17-7-3-8-18-33/h2-32,50H,1H2. The largest absolute Gasteiger partial charge is 0.309 e. The summed E-state index contributed by atoms with van der Waals surface area (Å²) >= 11 is 0. The van der Waals surface area contributed by atoms with Crippen molar-refractivity contribution in [2.45, 2.75) is 0 Å². The molecule has 0 saturated carbocycles. The summed E-state index contributed by atoms with van der Waals surface area (Å²) in [7, 11) is 0. The molecule has 0 aliphatic rings. The Hall–Kier alpha value is -6.77. The average molecular weight is 651 g/mol. The van der Waals surface area contributed by atoms with E-state index in [1.165, 1.54) is 43.8 Å². The van der Waals surface area contributed by atoms with Crippen molar-refractivity contribution in [2.75, 3.05) is 0 Å². The van der Waals surface area contributed by atoms with Gasteiger partial charge in [-0.3, -0.25) is 5.41 Å². The molecule has 0 aliphatic carbocycles. The Labute approximate surface area is 297 Å². The molecule has 9 aromatic rings. The highest BCUT2D eigenvalue weighted by atomic mass is 15.0. The zero-order valence-electron chi connectivity index (χ0n) is 28.1. The summed E-state index contributed by atoms with van der Waals surface area (Å²) in [6, 6.07) is 64.2. The topological polar surface area (TPSA) is 28.8 Å². The zero-order chi connectivity index (χ0) is 34.3. The molecule has 0 saturated heterocycles. The molecule has 8 aromatic carbocycles. The number of nitrogens with one attached hydrogen (secondary N) is 1. The third-order valence-corrected chi connectivity index (χ3v) is 10.0. The second-order valence-electron chi connectivity index (χ2n) is 12.9. The van der Waals surface area contributed by atoms with Crippen molar-refractivity contribution in [1.82, 2.24) is 4.57 Å². The summed E-state index contributed by atoms with van der Waals surface area (Å²) in [5, 5.41) is 15.4. The molecule has 1 aromatic heterocycles. The molecule has 0 bridgehead atoms. The smallest absolute Gasteiger partial charge is 0.0712 e. The van der Waals surface area contributed by atoms with E-state index in [0.717, 1.165) is 44.5 Å². The van der Waals surface area contributed by atoms with Crippen molar-refractivity contribution < 1.29 is 0 Å². The molecular formula is C49H34N2. The molecule has 2 nitrogen and oxygen atoms in total. The van der Waals surface area contributed by atoms with Gasteiger partial charge in [0.25, 0.3) is 0 Å². The molecule has 0 amide bonds. The van der Waals surface area contributed by atoms with Gasteiger partial charge in [-0.05, 0) is 91.3 Å². The maximum absolute atomic E-state index is 9.50. The minimum absolute atomic E-state index is 0.478. The van der Waals surface area contributed by atoms with E-state index in [4.69, 9.17) is 0 Å². The van der Waals surface area contributed by atoms with Crippen LogP contribution in [0.25, 0.3) is 77.6 Å². The Balaban J connectivity index is 1.34. The van der Waals surface area contributed by atoms with Gasteiger partial charge in [0.2, 0.25) is 0 Å². The van der Waals surface area contributed by atoms with E-state index in [1.54, 1.807) is 0 Å². The normalized spacial score (nSPS) is 11.3. The first-order valence-corrected chi connectivity index (χ1v) is 17.3. The Morgan fingerprint density at radius 2 is 0.922 bits per heavy atom. The second kappa shape index (κ2) is 12.6. The highest BCUT2D eigenvalue weighted by Gasteiger charge is 2.22. The number of hydrogen-bond acceptors (Lipinski definition) is 1. The molecule has 51 heavy (non-hydrogen) atoms. The van der Waals surface area contributed by atoms with Crippen LogP contribution in [-0.2, 0) is 0 Å². The van der Waals surface area contributed by atoms with Crippen LogP contribution in [0.1, 0.15) is 16.8 Å². The number of aromatic nitrogens is 1. The lowest BCUT2D eigenvalue weighted by atomic mass is 9.85. The van der Waals surface area contributed by atoms with Gasteiger partial charge in [0, 0.05) is 22.2 Å². The molecule has 0 atom stereocenters. The van der Waals surface area contributed by atoms with Crippen LogP contribution in [0.3, 0.4) is 0 Å². The lowest BCUT2D eigenvalue weighted by Gasteiger charge is -2.18. The van der Waals surface area contributed by atoms with Gasteiger partial charge in [0.15, 0.2) is 0 Å². The van der Waals surface area contributed by atoms with Crippen molar-refractivity contribution in [3.05, 3.63) is 205 Å². The van der Waals surface area contributed by atoms with E-state index in [9.17, 15) is 5.41 Å². The Morgan fingerprint density at radius 3 is 1.51 bits per heavy atom. The summed E-state index contributed by atoms with van der Waals surface area (Å²) in [6.45, 7) is 4.24. The van der Waals surface area contributed by atoms with Gasteiger partial charge in [0.1, 0.15) is 0 Å². The third-order valence-electron chi connectivity index (χ3n) is 10.0. The fourth-order valence-corrected chi connectivity index (χ4v) is 7.74. The van der Waals surface area contributed by atoms with Gasteiger partial charge < -0.3 is 4.57 Å². The molecule has 0 radical (unpaired) electrons. The van der Waals surface area contributed by atoms with Crippen molar-refractivity contribution in [3.63, 3.8) is 0 Å². The molecule has 1 N–H and O–H groups in total. The van der Waals surface area contributed by atoms with Crippen LogP contribution < -0.4 is 0 Å². The van der Waals surface area contributed by atoms with Crippen molar-refractivity contribution in [3.8, 4) is 39.1 Å². The molecule has 1 heterocycles. The number of para-hydroxylation sites is 1. The second-order valence-corrected chi connectivity index (χ2v) is 12.9. The number of benzene rings is 8. The molecule has 0 spiro atoms. The van der Waals surface area contributed by atoms with Gasteiger partial charge in [-0.25, -0.2) is 0 Å². The van der Waals surface area contributed by atoms with Gasteiger partial charge in [-0.1, -0.05) is 158 Å². The van der Waals surface area contributed by atoms with Crippen LogP contribution in [0.2, 0.25) is 0 Å². The van der Waals surface area contributed by atoms with Gasteiger partial charge in [-0.15, -0.1) is 0 Å². The van der Waals surface area contributed by atoms with Crippen LogP contribution in [-0.4, -0.2) is 10.3 Å². The van der Waals surface area contributed by atoms with Crippen LogP contribution >= 0.6 is 0 Å². The summed E-state index contributed by atoms with van der Waals surface area (Å²) in [6.07, 6.45) is 1.89. The number of rotatable bonds is 7. The zero-order valence-corrected chi connectivity index (χ0v) is 28.1. The van der Waals surface area contributed by atoms with E-state index in [0.29, 0.717) is 5.71 Å². The molecule has 0 unspecified atom stereocenters. The van der Waals surface area contributed by atoms with Crippen molar-refractivity contribution in [2.24, 2.45) is 0 Å². The maximum Gasteiger partial charge on any atom is 0.0712 e. The lowest BCUT2D eigenvalue weighted by Crippen LogP contribution is -2.04. The maximum atomic E-state index is 9.50. The van der Waals surface area contributed by atoms with Gasteiger partial charge in [0.05, 0.1) is 16.9 Å². The van der Waals surface area contributed by atoms with E-state index in [1.807, 2.05) is 42.5 Å². The molecule has 9 rings (SSSR count). The minimum atomic E-state index is 0.478. The van der Waals surface area contributed by atoms with Gasteiger partial charge in [-0.2, -0.15) is 0 Å². The molecule has 240 valence electrons. The predicted molar refractivity (Wildman–Crippen MR) is 217 cm³/mol. The SMILES string of the molecule is C=Cc1c(C(=N)c2ccccc2)c2cc(-c3ccc4c(-c5ccccc5)c5ccccc5c(-c5ccccc5)c4c3)ccc2n1-c1ccccc1. The van der Waals surface area contributed by atoms with E-state index < -0.39 is 0 Å². The lowest BCUT2D eigenvalue weighted by molar-refractivity contribution is 1.10. The van der Waals surface area contributed by atoms with Crippen LogP contribution in [0.5, 0.6) is 0 Å². The summed E-state index contributed by atoms with van der Waals surface area (Å²) in [5.41, 5.74) is 12.3. The third kappa shape index (κ3) is 5.08. The highest BCUT2D eigenvalue weighted by molar-refractivity contribution is 6.23. The summed E-state index contributed by atoms with van der Waals surface area (Å²) in [5.74, 6) is 0. The first kappa shape index (κ1) is 30.3. The fourth-order valence-electron chi connectivity index (χ4n) is 7.74. The summed E-state index contributed by atoms with van der Waals surface area (Å²) < 4.78 is 2.23. The monoisotopic (exact) mass is 650 g/mol. The van der Waals surface area contributed by atoms with E-state index in [-0.39, 0.29) is 0 Å². The van der Waals surface area contributed by atoms with Crippen LogP contribution in [0.15, 0.2) is 189 Å². The quantitative estimate of drug-likeness (QED) is 0.131. The first-order valence-electron chi connectivity index (χ1n) is 17.3. The summed E-state index contributed by atoms with van der Waals surface area (Å²) in [4.78, 5) is 0. The highest BCUT2D eigenvalue weighted by Crippen LogP contribution is 2.45. The number of fused-ring (bicyclic) bond motifs is 3. The predicted octanol–water partition coefficient (Wildman–Crippen LogP) is 13.0. The van der Waals surface area contributed by atoms with E-state index in [2.05, 4.69) is 157 Å². The Kier molecular flexibility index (Phi) is 7.48. The Bertz CT molecular complexity index is 2740. The fraction of sp³-hybridized carbons (Fsp3) is 0. The number of hydrogen-bond donors (Lipinski definition) is 1. The van der Waals surface area contributed by atoms with Crippen LogP contribution in [0.4, 0.5) is 0 Å². The van der Waals surface area contributed by atoms with Gasteiger partial charge >= 0.3 is 0 Å². The molecule has 0 aliphatic heterocycles. The van der Waals surface area contributed by atoms with Crippen molar-refractivity contribution >= 4 is 44.2 Å². The first-order chi connectivity index (χ1) is 25.2. The minimum Gasteiger partial charge on any atom is -0.309 e. The molecule has 0 fully saturated rings. The Morgan fingerprint density at radius 1 is 0.451 bits per heavy atom. The van der Waals surface area contributed by atoms with Crippen LogP contribution in [0, 0.1) is 5.41 Å². The molecule has 2 heteroatoms. The number of nitrogens with zero attached hydrogens (tertiary/aromatic N) is 1. The average Bonchev–Trinajstić information content (AvgIpc) is 3.54. The van der Waals surface area contributed by atoms with E-state index >= 15 is 0 Å².